The molecular weight excluding hydrogens is 226 g/mol. The predicted octanol–water partition coefficient (Wildman–Crippen LogP) is 2.39. The van der Waals surface area contributed by atoms with E-state index in [1.165, 1.54) is 0 Å². The Morgan fingerprint density at radius 2 is 2.06 bits per heavy atom. The van der Waals surface area contributed by atoms with Crippen LogP contribution in [0.3, 0.4) is 0 Å². The van der Waals surface area contributed by atoms with Gasteiger partial charge in [0, 0.05) is 12.1 Å². The van der Waals surface area contributed by atoms with Gasteiger partial charge >= 0.3 is 0 Å². The SMILES string of the molecule is CC(C)Oc1ccccc1C1(O)CCCN(C)C1. The standard InChI is InChI=1S/C15H23NO2/c1-12(2)18-14-8-5-4-7-13(14)15(17)9-6-10-16(3)11-15/h4-5,7-8,12,17H,6,9-11H2,1-3H3. The highest BCUT2D eigenvalue weighted by atomic mass is 16.5. The molecule has 3 heteroatoms. The second kappa shape index (κ2) is 5.29. The zero-order valence-corrected chi connectivity index (χ0v) is 11.5. The summed E-state index contributed by atoms with van der Waals surface area (Å²) in [5, 5.41) is 10.9. The fraction of sp³-hybridized carbons (Fsp3) is 0.600. The van der Waals surface area contributed by atoms with Crippen molar-refractivity contribution in [2.75, 3.05) is 20.1 Å². The molecule has 1 N–H and O–H groups in total. The number of β-amino-alcohol motifs (C(OH)–C–C–N with tert-alkyl or cyclic N) is 1. The van der Waals surface area contributed by atoms with Crippen LogP contribution in [0.1, 0.15) is 32.3 Å². The first kappa shape index (κ1) is 13.4. The van der Waals surface area contributed by atoms with Crippen LogP contribution in [0, 0.1) is 0 Å². The van der Waals surface area contributed by atoms with Crippen LogP contribution < -0.4 is 4.74 Å². The minimum absolute atomic E-state index is 0.121. The number of rotatable bonds is 3. The van der Waals surface area contributed by atoms with Crippen LogP contribution in [0.2, 0.25) is 0 Å². The van der Waals surface area contributed by atoms with Gasteiger partial charge < -0.3 is 14.7 Å². The van der Waals surface area contributed by atoms with Crippen LogP contribution in [-0.2, 0) is 5.60 Å². The predicted molar refractivity (Wildman–Crippen MR) is 72.8 cm³/mol. The normalized spacial score (nSPS) is 25.4. The molecule has 1 aromatic rings. The van der Waals surface area contributed by atoms with Gasteiger partial charge in [-0.05, 0) is 46.3 Å². The molecule has 0 saturated carbocycles. The first-order valence-electron chi connectivity index (χ1n) is 6.68. The molecule has 1 aliphatic heterocycles. The van der Waals surface area contributed by atoms with Crippen molar-refractivity contribution in [2.24, 2.45) is 0 Å². The van der Waals surface area contributed by atoms with Gasteiger partial charge in [-0.25, -0.2) is 0 Å². The molecule has 0 aromatic heterocycles. The van der Waals surface area contributed by atoms with E-state index in [4.69, 9.17) is 4.74 Å². The largest absolute Gasteiger partial charge is 0.491 e. The summed E-state index contributed by atoms with van der Waals surface area (Å²) in [5.74, 6) is 0.810. The monoisotopic (exact) mass is 249 g/mol. The van der Waals surface area contributed by atoms with Crippen molar-refractivity contribution < 1.29 is 9.84 Å². The van der Waals surface area contributed by atoms with E-state index >= 15 is 0 Å². The highest BCUT2D eigenvalue weighted by Crippen LogP contribution is 2.36. The first-order chi connectivity index (χ1) is 8.51. The number of hydrogen-bond acceptors (Lipinski definition) is 3. The van der Waals surface area contributed by atoms with E-state index < -0.39 is 5.60 Å². The summed E-state index contributed by atoms with van der Waals surface area (Å²) in [4.78, 5) is 2.18. The summed E-state index contributed by atoms with van der Waals surface area (Å²) in [7, 11) is 2.05. The molecule has 1 unspecified atom stereocenters. The van der Waals surface area contributed by atoms with E-state index in [0.29, 0.717) is 6.54 Å². The van der Waals surface area contributed by atoms with Crippen molar-refractivity contribution in [3.05, 3.63) is 29.8 Å². The second-order valence-corrected chi connectivity index (χ2v) is 5.54. The molecule has 0 aliphatic carbocycles. The zero-order chi connectivity index (χ0) is 13.2. The molecule has 1 aromatic carbocycles. The topological polar surface area (TPSA) is 32.7 Å². The molecule has 100 valence electrons. The minimum atomic E-state index is -0.779. The molecule has 0 amide bonds. The van der Waals surface area contributed by atoms with Gasteiger partial charge in [0.1, 0.15) is 11.4 Å². The van der Waals surface area contributed by atoms with Crippen LogP contribution in [0.5, 0.6) is 5.75 Å². The minimum Gasteiger partial charge on any atom is -0.491 e. The van der Waals surface area contributed by atoms with Crippen LogP contribution >= 0.6 is 0 Å². The lowest BCUT2D eigenvalue weighted by Gasteiger charge is -2.38. The maximum atomic E-state index is 10.9. The summed E-state index contributed by atoms with van der Waals surface area (Å²) < 4.78 is 5.82. The summed E-state index contributed by atoms with van der Waals surface area (Å²) in [6.07, 6.45) is 1.94. The van der Waals surface area contributed by atoms with Gasteiger partial charge in [-0.3, -0.25) is 0 Å². The third-order valence-corrected chi connectivity index (χ3v) is 3.41. The van der Waals surface area contributed by atoms with Crippen molar-refractivity contribution in [3.8, 4) is 5.75 Å². The lowest BCUT2D eigenvalue weighted by atomic mass is 9.85. The second-order valence-electron chi connectivity index (χ2n) is 5.54. The maximum absolute atomic E-state index is 10.9. The van der Waals surface area contributed by atoms with E-state index in [2.05, 4.69) is 11.9 Å². The van der Waals surface area contributed by atoms with E-state index in [0.717, 1.165) is 30.7 Å². The third kappa shape index (κ3) is 2.85. The molecular formula is C15H23NO2. The molecule has 1 aliphatic rings. The first-order valence-corrected chi connectivity index (χ1v) is 6.68. The zero-order valence-electron chi connectivity index (χ0n) is 11.5. The average Bonchev–Trinajstić information content (AvgIpc) is 2.28. The number of para-hydroxylation sites is 1. The van der Waals surface area contributed by atoms with Gasteiger partial charge in [0.2, 0.25) is 0 Å². The third-order valence-electron chi connectivity index (χ3n) is 3.41. The van der Waals surface area contributed by atoms with E-state index in [1.54, 1.807) is 0 Å². The van der Waals surface area contributed by atoms with Gasteiger partial charge in [0.05, 0.1) is 6.10 Å². The van der Waals surface area contributed by atoms with Crippen LogP contribution in [0.25, 0.3) is 0 Å². The number of hydrogen-bond donors (Lipinski definition) is 1. The van der Waals surface area contributed by atoms with Gasteiger partial charge in [-0.1, -0.05) is 18.2 Å². The van der Waals surface area contributed by atoms with Crippen molar-refractivity contribution in [3.63, 3.8) is 0 Å². The maximum Gasteiger partial charge on any atom is 0.125 e. The number of benzene rings is 1. The molecule has 1 fully saturated rings. The number of likely N-dealkylation sites (tertiary alicyclic amines) is 1. The van der Waals surface area contributed by atoms with Crippen molar-refractivity contribution in [1.82, 2.24) is 4.90 Å². The van der Waals surface area contributed by atoms with Crippen LogP contribution in [0.15, 0.2) is 24.3 Å². The Morgan fingerprint density at radius 3 is 2.72 bits per heavy atom. The summed E-state index contributed by atoms with van der Waals surface area (Å²) in [6.45, 7) is 5.74. The molecule has 18 heavy (non-hydrogen) atoms. The average molecular weight is 249 g/mol. The lowest BCUT2D eigenvalue weighted by Crippen LogP contribution is -2.44. The Morgan fingerprint density at radius 1 is 1.33 bits per heavy atom. The molecule has 1 atom stereocenters. The number of likely N-dealkylation sites (N-methyl/N-ethyl adjacent to an activating group) is 1. The summed E-state index contributed by atoms with van der Waals surface area (Å²) in [5.41, 5.74) is 0.142. The highest BCUT2D eigenvalue weighted by Gasteiger charge is 2.35. The Bertz CT molecular complexity index is 405. The number of ether oxygens (including phenoxy) is 1. The van der Waals surface area contributed by atoms with Gasteiger partial charge in [-0.15, -0.1) is 0 Å². The van der Waals surface area contributed by atoms with Crippen molar-refractivity contribution >= 4 is 0 Å². The van der Waals surface area contributed by atoms with Crippen molar-refractivity contribution in [2.45, 2.75) is 38.4 Å². The molecule has 0 spiro atoms. The Hall–Kier alpha value is -1.06. The van der Waals surface area contributed by atoms with Crippen molar-refractivity contribution in [1.29, 1.82) is 0 Å². The molecule has 1 heterocycles. The Labute approximate surface area is 109 Å². The molecule has 0 bridgehead atoms. The fourth-order valence-corrected chi connectivity index (χ4v) is 2.67. The smallest absolute Gasteiger partial charge is 0.125 e. The molecule has 0 radical (unpaired) electrons. The molecule has 3 nitrogen and oxygen atoms in total. The van der Waals surface area contributed by atoms with Gasteiger partial charge in [-0.2, -0.15) is 0 Å². The fourth-order valence-electron chi connectivity index (χ4n) is 2.67. The van der Waals surface area contributed by atoms with Crippen LogP contribution in [0.4, 0.5) is 0 Å². The number of aliphatic hydroxyl groups is 1. The van der Waals surface area contributed by atoms with Gasteiger partial charge in [0.25, 0.3) is 0 Å². The van der Waals surface area contributed by atoms with E-state index in [1.807, 2.05) is 38.1 Å². The van der Waals surface area contributed by atoms with E-state index in [-0.39, 0.29) is 6.10 Å². The van der Waals surface area contributed by atoms with E-state index in [9.17, 15) is 5.11 Å². The number of nitrogens with zero attached hydrogens (tertiary/aromatic N) is 1. The lowest BCUT2D eigenvalue weighted by molar-refractivity contribution is -0.0301. The molecule has 1 saturated heterocycles. The summed E-state index contributed by atoms with van der Waals surface area (Å²) >= 11 is 0. The highest BCUT2D eigenvalue weighted by molar-refractivity contribution is 5.38. The Kier molecular flexibility index (Phi) is 3.93. The quantitative estimate of drug-likeness (QED) is 0.893. The summed E-state index contributed by atoms with van der Waals surface area (Å²) in [6, 6.07) is 7.85. The molecule has 2 rings (SSSR count). The van der Waals surface area contributed by atoms with Gasteiger partial charge in [0.15, 0.2) is 0 Å². The van der Waals surface area contributed by atoms with Crippen LogP contribution in [-0.4, -0.2) is 36.2 Å². The number of piperidine rings is 1. The Balaban J connectivity index is 2.31.